The summed E-state index contributed by atoms with van der Waals surface area (Å²) in [5, 5.41) is 7.44. The smallest absolute Gasteiger partial charge is 0.159 e. The first-order valence-corrected chi connectivity index (χ1v) is 7.79. The molecule has 124 valence electrons. The first-order valence-electron chi connectivity index (χ1n) is 7.79. The summed E-state index contributed by atoms with van der Waals surface area (Å²) in [6.07, 6.45) is 4.84. The maximum Gasteiger partial charge on any atom is 0.159 e. The van der Waals surface area contributed by atoms with Crippen LogP contribution < -0.4 is 16.4 Å². The third-order valence-electron chi connectivity index (χ3n) is 3.78. The summed E-state index contributed by atoms with van der Waals surface area (Å²) in [4.78, 5) is 12.9. The molecule has 0 aliphatic rings. The van der Waals surface area contributed by atoms with E-state index in [1.165, 1.54) is 6.33 Å². The van der Waals surface area contributed by atoms with Gasteiger partial charge in [0.15, 0.2) is 11.6 Å². The molecule has 0 radical (unpaired) electrons. The summed E-state index contributed by atoms with van der Waals surface area (Å²) in [7, 11) is 0. The largest absolute Gasteiger partial charge is 0.467 e. The molecule has 3 heterocycles. The fourth-order valence-electron chi connectivity index (χ4n) is 2.55. The molecule has 3 aromatic heterocycles. The zero-order valence-electron chi connectivity index (χ0n) is 13.3. The van der Waals surface area contributed by atoms with E-state index in [0.29, 0.717) is 23.9 Å². The maximum atomic E-state index is 6.21. The Balaban J connectivity index is 1.61. The van der Waals surface area contributed by atoms with Crippen molar-refractivity contribution in [2.24, 2.45) is 0 Å². The van der Waals surface area contributed by atoms with Gasteiger partial charge < -0.3 is 20.8 Å². The van der Waals surface area contributed by atoms with Crippen molar-refractivity contribution in [2.75, 3.05) is 16.4 Å². The van der Waals surface area contributed by atoms with Gasteiger partial charge in [-0.1, -0.05) is 18.2 Å². The monoisotopic (exact) mass is 332 g/mol. The number of fused-ring (bicyclic) bond motifs is 1. The summed E-state index contributed by atoms with van der Waals surface area (Å²) < 4.78 is 5.30. The highest BCUT2D eigenvalue weighted by molar-refractivity contribution is 5.93. The van der Waals surface area contributed by atoms with Crippen molar-refractivity contribution in [3.8, 4) is 0 Å². The predicted octanol–water partition coefficient (Wildman–Crippen LogP) is 3.56. The van der Waals surface area contributed by atoms with E-state index < -0.39 is 0 Å². The number of nitrogens with zero attached hydrogens (tertiary/aromatic N) is 3. The van der Waals surface area contributed by atoms with E-state index in [0.717, 1.165) is 22.4 Å². The molecule has 1 aromatic carbocycles. The Morgan fingerprint density at radius 1 is 0.960 bits per heavy atom. The van der Waals surface area contributed by atoms with Crippen LogP contribution in [0.5, 0.6) is 0 Å². The molecule has 0 atom stereocenters. The van der Waals surface area contributed by atoms with Gasteiger partial charge >= 0.3 is 0 Å². The summed E-state index contributed by atoms with van der Waals surface area (Å²) >= 11 is 0. The molecule has 0 aliphatic heterocycles. The van der Waals surface area contributed by atoms with Crippen molar-refractivity contribution in [1.82, 2.24) is 15.0 Å². The van der Waals surface area contributed by atoms with Gasteiger partial charge in [-0.25, -0.2) is 9.97 Å². The number of nitrogens with two attached hydrogens (primary N) is 1. The van der Waals surface area contributed by atoms with Crippen LogP contribution >= 0.6 is 0 Å². The van der Waals surface area contributed by atoms with Crippen molar-refractivity contribution in [1.29, 1.82) is 0 Å². The van der Waals surface area contributed by atoms with Crippen molar-refractivity contribution < 1.29 is 4.42 Å². The molecule has 0 fully saturated rings. The Morgan fingerprint density at radius 2 is 1.84 bits per heavy atom. The standard InChI is InChI=1S/C18H16N6O/c19-15-17(21-10-13-6-3-9-25-13)22-11-23-18(15)24-14-7-1-4-12-5-2-8-20-16(12)14/h1-9,11H,10,19H2,(H2,21,22,23,24). The Morgan fingerprint density at radius 3 is 2.72 bits per heavy atom. The number of nitrogen functional groups attached to an aromatic ring is 1. The van der Waals surface area contributed by atoms with Gasteiger partial charge in [0.05, 0.1) is 24.0 Å². The Hall–Kier alpha value is -3.61. The normalized spacial score (nSPS) is 10.7. The van der Waals surface area contributed by atoms with E-state index >= 15 is 0 Å². The molecule has 0 aliphatic carbocycles. The SMILES string of the molecule is Nc1c(NCc2ccco2)ncnc1Nc1cccc2cccnc12. The fraction of sp³-hybridized carbons (Fsp3) is 0.0556. The number of benzene rings is 1. The number of pyridine rings is 1. The third kappa shape index (κ3) is 3.07. The molecule has 4 N–H and O–H groups in total. The minimum Gasteiger partial charge on any atom is -0.467 e. The minimum absolute atomic E-state index is 0.432. The van der Waals surface area contributed by atoms with Gasteiger partial charge in [-0.05, 0) is 24.3 Å². The number of hydrogen-bond acceptors (Lipinski definition) is 7. The summed E-state index contributed by atoms with van der Waals surface area (Å²) in [5.41, 5.74) is 8.33. The van der Waals surface area contributed by atoms with Crippen molar-refractivity contribution in [3.05, 3.63) is 67.0 Å². The Bertz CT molecular complexity index is 994. The average molecular weight is 332 g/mol. The molecular weight excluding hydrogens is 316 g/mol. The lowest BCUT2D eigenvalue weighted by Crippen LogP contribution is -2.08. The van der Waals surface area contributed by atoms with E-state index in [1.54, 1.807) is 12.5 Å². The first kappa shape index (κ1) is 14.9. The van der Waals surface area contributed by atoms with Gasteiger partial charge in [0.2, 0.25) is 0 Å². The van der Waals surface area contributed by atoms with Crippen LogP contribution in [-0.4, -0.2) is 15.0 Å². The number of rotatable bonds is 5. The summed E-state index contributed by atoms with van der Waals surface area (Å²) in [6.45, 7) is 0.490. The highest BCUT2D eigenvalue weighted by atomic mass is 16.3. The van der Waals surface area contributed by atoms with Crippen LogP contribution in [0.25, 0.3) is 10.9 Å². The van der Waals surface area contributed by atoms with Crippen LogP contribution in [0, 0.1) is 0 Å². The first-order chi connectivity index (χ1) is 12.3. The van der Waals surface area contributed by atoms with Crippen LogP contribution in [0.15, 0.2) is 65.7 Å². The van der Waals surface area contributed by atoms with E-state index in [4.69, 9.17) is 10.2 Å². The lowest BCUT2D eigenvalue weighted by Gasteiger charge is -2.13. The van der Waals surface area contributed by atoms with Gasteiger partial charge in [-0.15, -0.1) is 0 Å². The van der Waals surface area contributed by atoms with Gasteiger partial charge in [-0.3, -0.25) is 4.98 Å². The molecule has 7 nitrogen and oxygen atoms in total. The molecule has 7 heteroatoms. The van der Waals surface area contributed by atoms with Gasteiger partial charge in [0.25, 0.3) is 0 Å². The van der Waals surface area contributed by atoms with Gasteiger partial charge in [0.1, 0.15) is 17.8 Å². The maximum absolute atomic E-state index is 6.21. The molecule has 25 heavy (non-hydrogen) atoms. The number of hydrogen-bond donors (Lipinski definition) is 3. The summed E-state index contributed by atoms with van der Waals surface area (Å²) in [5.74, 6) is 1.86. The Labute approximate surface area is 143 Å². The molecule has 0 bridgehead atoms. The molecule has 0 saturated carbocycles. The molecule has 0 saturated heterocycles. The quantitative estimate of drug-likeness (QED) is 0.513. The Kier molecular flexibility index (Phi) is 3.88. The fourth-order valence-corrected chi connectivity index (χ4v) is 2.55. The minimum atomic E-state index is 0.432. The molecule has 0 amide bonds. The van der Waals surface area contributed by atoms with Crippen molar-refractivity contribution >= 4 is 33.9 Å². The molecule has 0 unspecified atom stereocenters. The highest BCUT2D eigenvalue weighted by Crippen LogP contribution is 2.29. The van der Waals surface area contributed by atoms with Crippen LogP contribution in [0.1, 0.15) is 5.76 Å². The number of aromatic nitrogens is 3. The number of anilines is 4. The summed E-state index contributed by atoms with van der Waals surface area (Å²) in [6, 6.07) is 13.5. The van der Waals surface area contributed by atoms with Crippen molar-refractivity contribution in [3.63, 3.8) is 0 Å². The molecule has 4 rings (SSSR count). The van der Waals surface area contributed by atoms with Gasteiger partial charge in [-0.2, -0.15) is 0 Å². The zero-order chi connectivity index (χ0) is 17.1. The van der Waals surface area contributed by atoms with E-state index in [9.17, 15) is 0 Å². The highest BCUT2D eigenvalue weighted by Gasteiger charge is 2.10. The van der Waals surface area contributed by atoms with Crippen LogP contribution in [0.3, 0.4) is 0 Å². The van der Waals surface area contributed by atoms with Gasteiger partial charge in [0, 0.05) is 11.6 Å². The second kappa shape index (κ2) is 6.48. The van der Waals surface area contributed by atoms with Crippen LogP contribution in [-0.2, 0) is 6.54 Å². The number of furan rings is 1. The number of para-hydroxylation sites is 1. The van der Waals surface area contributed by atoms with E-state index in [2.05, 4.69) is 25.6 Å². The molecule has 4 aromatic rings. The van der Waals surface area contributed by atoms with Crippen molar-refractivity contribution in [2.45, 2.75) is 6.54 Å². The molecule has 0 spiro atoms. The lowest BCUT2D eigenvalue weighted by atomic mass is 10.2. The lowest BCUT2D eigenvalue weighted by molar-refractivity contribution is 0.518. The topological polar surface area (TPSA) is 102 Å². The van der Waals surface area contributed by atoms with E-state index in [1.807, 2.05) is 42.5 Å². The average Bonchev–Trinajstić information content (AvgIpc) is 3.16. The number of nitrogens with one attached hydrogen (secondary N) is 2. The second-order valence-corrected chi connectivity index (χ2v) is 5.42. The van der Waals surface area contributed by atoms with E-state index in [-0.39, 0.29) is 0 Å². The second-order valence-electron chi connectivity index (χ2n) is 5.42. The predicted molar refractivity (Wildman–Crippen MR) is 97.5 cm³/mol. The third-order valence-corrected chi connectivity index (χ3v) is 3.78. The molecular formula is C18H16N6O. The van der Waals surface area contributed by atoms with Crippen LogP contribution in [0.2, 0.25) is 0 Å². The zero-order valence-corrected chi connectivity index (χ0v) is 13.3. The van der Waals surface area contributed by atoms with Crippen LogP contribution in [0.4, 0.5) is 23.0 Å².